The quantitative estimate of drug-likeness (QED) is 0.806. The third kappa shape index (κ3) is 1.84. The van der Waals surface area contributed by atoms with Gasteiger partial charge in [0.15, 0.2) is 5.82 Å². The number of nitrogens with one attached hydrogen (secondary N) is 1. The Morgan fingerprint density at radius 1 is 1.41 bits per heavy atom. The molecule has 2 atom stereocenters. The summed E-state index contributed by atoms with van der Waals surface area (Å²) in [6.07, 6.45) is 6.99. The first kappa shape index (κ1) is 10.8. The number of hydrogen-bond donors (Lipinski definition) is 1. The molecule has 2 fully saturated rings. The highest BCUT2D eigenvalue weighted by molar-refractivity contribution is 5.33. The van der Waals surface area contributed by atoms with Crippen molar-refractivity contribution >= 4 is 5.82 Å². The lowest BCUT2D eigenvalue weighted by Gasteiger charge is -2.21. The van der Waals surface area contributed by atoms with Crippen molar-refractivity contribution in [2.75, 3.05) is 18.4 Å². The molecule has 2 saturated heterocycles. The molecule has 0 saturated carbocycles. The monoisotopic (exact) mass is 234 g/mol. The van der Waals surface area contributed by atoms with Crippen LogP contribution < -0.4 is 10.9 Å². The van der Waals surface area contributed by atoms with Gasteiger partial charge in [0.25, 0.3) is 5.56 Å². The Hall–Kier alpha value is -1.36. The van der Waals surface area contributed by atoms with Crippen molar-refractivity contribution in [1.82, 2.24) is 14.5 Å². The molecule has 1 N–H and O–H groups in total. The maximum absolute atomic E-state index is 11.9. The Morgan fingerprint density at radius 2 is 2.29 bits per heavy atom. The average Bonchev–Trinajstić information content (AvgIpc) is 2.89. The van der Waals surface area contributed by atoms with E-state index in [1.165, 1.54) is 19.4 Å². The van der Waals surface area contributed by atoms with E-state index in [1.54, 1.807) is 24.0 Å². The highest BCUT2D eigenvalue weighted by atomic mass is 16.1. The van der Waals surface area contributed by atoms with E-state index in [9.17, 15) is 4.79 Å². The molecule has 0 bridgehead atoms. The Morgan fingerprint density at radius 3 is 3.18 bits per heavy atom. The second kappa shape index (κ2) is 4.14. The van der Waals surface area contributed by atoms with Crippen LogP contribution >= 0.6 is 0 Å². The molecular formula is C12H18N4O. The smallest absolute Gasteiger partial charge is 0.293 e. The Bertz CT molecular complexity index is 470. The van der Waals surface area contributed by atoms with E-state index in [0.29, 0.717) is 17.9 Å². The highest BCUT2D eigenvalue weighted by Gasteiger charge is 2.37. The fourth-order valence-electron chi connectivity index (χ4n) is 3.02. The van der Waals surface area contributed by atoms with Gasteiger partial charge in [-0.05, 0) is 25.8 Å². The minimum Gasteiger partial charge on any atom is -0.361 e. The van der Waals surface area contributed by atoms with Crippen molar-refractivity contribution in [2.24, 2.45) is 7.05 Å². The van der Waals surface area contributed by atoms with Crippen LogP contribution in [0.15, 0.2) is 17.2 Å². The Labute approximate surface area is 100 Å². The summed E-state index contributed by atoms with van der Waals surface area (Å²) in [6.45, 7) is 2.36. The molecule has 2 unspecified atom stereocenters. The zero-order valence-corrected chi connectivity index (χ0v) is 10.1. The number of aryl methyl sites for hydroxylation is 1. The second-order valence-electron chi connectivity index (χ2n) is 4.98. The van der Waals surface area contributed by atoms with Crippen LogP contribution in [0.1, 0.15) is 19.3 Å². The van der Waals surface area contributed by atoms with Gasteiger partial charge < -0.3 is 9.88 Å². The molecule has 92 valence electrons. The van der Waals surface area contributed by atoms with Crippen LogP contribution in [-0.2, 0) is 7.05 Å². The summed E-state index contributed by atoms with van der Waals surface area (Å²) in [5.41, 5.74) is -0.0380. The molecule has 2 aliphatic heterocycles. The molecule has 0 spiro atoms. The van der Waals surface area contributed by atoms with Gasteiger partial charge in [0.1, 0.15) is 0 Å². The van der Waals surface area contributed by atoms with Gasteiger partial charge in [-0.2, -0.15) is 0 Å². The maximum Gasteiger partial charge on any atom is 0.293 e. The van der Waals surface area contributed by atoms with Crippen molar-refractivity contribution in [2.45, 2.75) is 31.3 Å². The molecule has 0 amide bonds. The van der Waals surface area contributed by atoms with E-state index >= 15 is 0 Å². The van der Waals surface area contributed by atoms with Crippen LogP contribution in [0.4, 0.5) is 5.82 Å². The van der Waals surface area contributed by atoms with E-state index in [0.717, 1.165) is 13.0 Å². The van der Waals surface area contributed by atoms with Gasteiger partial charge in [0.2, 0.25) is 0 Å². The summed E-state index contributed by atoms with van der Waals surface area (Å²) < 4.78 is 1.57. The minimum atomic E-state index is -0.0380. The van der Waals surface area contributed by atoms with Gasteiger partial charge in [-0.25, -0.2) is 4.98 Å². The molecule has 0 aliphatic carbocycles. The lowest BCUT2D eigenvalue weighted by molar-refractivity contribution is 0.318. The SMILES string of the molecule is Cn1ccnc(NC2CCN3CCCC23)c1=O. The lowest BCUT2D eigenvalue weighted by Crippen LogP contribution is -2.36. The molecular weight excluding hydrogens is 216 g/mol. The van der Waals surface area contributed by atoms with Crippen LogP contribution in [0.5, 0.6) is 0 Å². The summed E-state index contributed by atoms with van der Waals surface area (Å²) in [5.74, 6) is 0.494. The number of aromatic nitrogens is 2. The van der Waals surface area contributed by atoms with Gasteiger partial charge in [0, 0.05) is 38.1 Å². The van der Waals surface area contributed by atoms with E-state index < -0.39 is 0 Å². The summed E-state index contributed by atoms with van der Waals surface area (Å²) in [4.78, 5) is 18.5. The highest BCUT2D eigenvalue weighted by Crippen LogP contribution is 2.29. The number of rotatable bonds is 2. The fraction of sp³-hybridized carbons (Fsp3) is 0.667. The topological polar surface area (TPSA) is 50.2 Å². The predicted molar refractivity (Wildman–Crippen MR) is 66.1 cm³/mol. The molecule has 1 aromatic rings. The first-order chi connectivity index (χ1) is 8.25. The molecule has 5 nitrogen and oxygen atoms in total. The second-order valence-corrected chi connectivity index (χ2v) is 4.98. The molecule has 0 radical (unpaired) electrons. The summed E-state index contributed by atoms with van der Waals surface area (Å²) in [7, 11) is 1.76. The predicted octanol–water partition coefficient (Wildman–Crippen LogP) is 0.429. The minimum absolute atomic E-state index is 0.0380. The van der Waals surface area contributed by atoms with Crippen LogP contribution in [0.2, 0.25) is 0 Å². The van der Waals surface area contributed by atoms with Gasteiger partial charge in [0.05, 0.1) is 0 Å². The van der Waals surface area contributed by atoms with E-state index in [4.69, 9.17) is 0 Å². The van der Waals surface area contributed by atoms with Crippen LogP contribution in [0.25, 0.3) is 0 Å². The molecule has 1 aromatic heterocycles. The van der Waals surface area contributed by atoms with Gasteiger partial charge in [-0.1, -0.05) is 0 Å². The van der Waals surface area contributed by atoms with Gasteiger partial charge in [-0.3, -0.25) is 9.69 Å². The average molecular weight is 234 g/mol. The van der Waals surface area contributed by atoms with Crippen molar-refractivity contribution in [3.63, 3.8) is 0 Å². The third-order valence-electron chi connectivity index (χ3n) is 3.94. The molecule has 5 heteroatoms. The Kier molecular flexibility index (Phi) is 2.63. The molecule has 3 heterocycles. The number of nitrogens with zero attached hydrogens (tertiary/aromatic N) is 3. The zero-order chi connectivity index (χ0) is 11.8. The lowest BCUT2D eigenvalue weighted by atomic mass is 10.1. The van der Waals surface area contributed by atoms with Gasteiger partial charge in [-0.15, -0.1) is 0 Å². The first-order valence-electron chi connectivity index (χ1n) is 6.28. The summed E-state index contributed by atoms with van der Waals surface area (Å²) >= 11 is 0. The van der Waals surface area contributed by atoms with Crippen molar-refractivity contribution < 1.29 is 0 Å². The maximum atomic E-state index is 11.9. The molecule has 3 rings (SSSR count). The van der Waals surface area contributed by atoms with Crippen LogP contribution in [-0.4, -0.2) is 39.6 Å². The first-order valence-corrected chi connectivity index (χ1v) is 6.28. The third-order valence-corrected chi connectivity index (χ3v) is 3.94. The number of hydrogen-bond acceptors (Lipinski definition) is 4. The van der Waals surface area contributed by atoms with Gasteiger partial charge >= 0.3 is 0 Å². The number of fused-ring (bicyclic) bond motifs is 1. The van der Waals surface area contributed by atoms with E-state index in [1.807, 2.05) is 0 Å². The number of anilines is 1. The van der Waals surface area contributed by atoms with Crippen LogP contribution in [0.3, 0.4) is 0 Å². The Balaban J connectivity index is 1.79. The van der Waals surface area contributed by atoms with Crippen molar-refractivity contribution in [3.05, 3.63) is 22.7 Å². The largest absolute Gasteiger partial charge is 0.361 e. The normalized spacial score (nSPS) is 28.3. The summed E-state index contributed by atoms with van der Waals surface area (Å²) in [5, 5.41) is 3.34. The van der Waals surface area contributed by atoms with E-state index in [2.05, 4.69) is 15.2 Å². The fourth-order valence-corrected chi connectivity index (χ4v) is 3.02. The zero-order valence-electron chi connectivity index (χ0n) is 10.1. The molecule has 0 aromatic carbocycles. The molecule has 2 aliphatic rings. The summed E-state index contributed by atoms with van der Waals surface area (Å²) in [6, 6.07) is 0.988. The van der Waals surface area contributed by atoms with E-state index in [-0.39, 0.29) is 5.56 Å². The standard InChI is InChI=1S/C12H18N4O/c1-15-8-5-13-11(12(15)17)14-9-4-7-16-6-2-3-10(9)16/h5,8-10H,2-4,6-7H2,1H3,(H,13,14). The molecule has 17 heavy (non-hydrogen) atoms. The van der Waals surface area contributed by atoms with Crippen molar-refractivity contribution in [1.29, 1.82) is 0 Å². The van der Waals surface area contributed by atoms with Crippen molar-refractivity contribution in [3.8, 4) is 0 Å². The van der Waals surface area contributed by atoms with Crippen LogP contribution in [0, 0.1) is 0 Å².